The minimum atomic E-state index is -0.486. The SMILES string of the molecule is CC(NC(=O)CNc1cccc(NC(=O)C(C)(C)C)c1)c1ccc(F)cc1. The minimum Gasteiger partial charge on any atom is -0.376 e. The lowest BCUT2D eigenvalue weighted by Gasteiger charge is -2.18. The van der Waals surface area contributed by atoms with E-state index in [9.17, 15) is 14.0 Å². The van der Waals surface area contributed by atoms with Crippen molar-refractivity contribution in [1.82, 2.24) is 5.32 Å². The van der Waals surface area contributed by atoms with Crippen molar-refractivity contribution < 1.29 is 14.0 Å². The van der Waals surface area contributed by atoms with E-state index in [2.05, 4.69) is 16.0 Å². The van der Waals surface area contributed by atoms with Crippen LogP contribution in [0.3, 0.4) is 0 Å². The summed E-state index contributed by atoms with van der Waals surface area (Å²) in [5.41, 5.74) is 1.74. The molecule has 0 aliphatic heterocycles. The Morgan fingerprint density at radius 1 is 1.04 bits per heavy atom. The molecule has 0 spiro atoms. The molecule has 0 bridgehead atoms. The lowest BCUT2D eigenvalue weighted by molar-refractivity contribution is -0.123. The number of hydrogen-bond acceptors (Lipinski definition) is 3. The van der Waals surface area contributed by atoms with Crippen LogP contribution >= 0.6 is 0 Å². The number of nitrogens with one attached hydrogen (secondary N) is 3. The van der Waals surface area contributed by atoms with Crippen LogP contribution in [-0.4, -0.2) is 18.4 Å². The highest BCUT2D eigenvalue weighted by Crippen LogP contribution is 2.20. The third-order valence-electron chi connectivity index (χ3n) is 4.00. The van der Waals surface area contributed by atoms with E-state index in [0.717, 1.165) is 11.3 Å². The van der Waals surface area contributed by atoms with Gasteiger partial charge in [0.15, 0.2) is 0 Å². The molecule has 0 saturated heterocycles. The first-order valence-electron chi connectivity index (χ1n) is 8.85. The highest BCUT2D eigenvalue weighted by molar-refractivity contribution is 5.95. The molecule has 2 amide bonds. The summed E-state index contributed by atoms with van der Waals surface area (Å²) in [6.45, 7) is 7.46. The Kier molecular flexibility index (Phi) is 6.55. The van der Waals surface area contributed by atoms with E-state index in [1.165, 1.54) is 12.1 Å². The molecule has 1 atom stereocenters. The molecule has 0 aliphatic rings. The van der Waals surface area contributed by atoms with Gasteiger partial charge in [-0.15, -0.1) is 0 Å². The summed E-state index contributed by atoms with van der Waals surface area (Å²) in [7, 11) is 0. The van der Waals surface area contributed by atoms with E-state index in [4.69, 9.17) is 0 Å². The predicted molar refractivity (Wildman–Crippen MR) is 106 cm³/mol. The van der Waals surface area contributed by atoms with Gasteiger partial charge in [0.2, 0.25) is 11.8 Å². The molecule has 0 heterocycles. The number of carbonyl (C=O) groups is 2. The molecule has 5 nitrogen and oxygen atoms in total. The normalized spacial score (nSPS) is 12.2. The zero-order valence-corrected chi connectivity index (χ0v) is 16.1. The maximum absolute atomic E-state index is 13.0. The Morgan fingerprint density at radius 3 is 2.30 bits per heavy atom. The minimum absolute atomic E-state index is 0.0782. The molecule has 0 radical (unpaired) electrons. The lowest BCUT2D eigenvalue weighted by Crippen LogP contribution is -2.32. The summed E-state index contributed by atoms with van der Waals surface area (Å²) >= 11 is 0. The molecular formula is C21H26FN3O2. The Bertz CT molecular complexity index is 798. The zero-order chi connectivity index (χ0) is 20.0. The Morgan fingerprint density at radius 2 is 1.67 bits per heavy atom. The molecule has 0 fully saturated rings. The van der Waals surface area contributed by atoms with Gasteiger partial charge in [-0.25, -0.2) is 4.39 Å². The van der Waals surface area contributed by atoms with Crippen molar-refractivity contribution in [1.29, 1.82) is 0 Å². The van der Waals surface area contributed by atoms with Gasteiger partial charge in [-0.05, 0) is 42.8 Å². The molecule has 0 aliphatic carbocycles. The molecule has 0 saturated carbocycles. The summed E-state index contributed by atoms with van der Waals surface area (Å²) in [4.78, 5) is 24.2. The summed E-state index contributed by atoms with van der Waals surface area (Å²) in [6, 6.07) is 13.0. The van der Waals surface area contributed by atoms with Crippen LogP contribution in [0.1, 0.15) is 39.3 Å². The van der Waals surface area contributed by atoms with Gasteiger partial charge < -0.3 is 16.0 Å². The number of halogens is 1. The fourth-order valence-corrected chi connectivity index (χ4v) is 2.34. The third-order valence-corrected chi connectivity index (χ3v) is 4.00. The predicted octanol–water partition coefficient (Wildman–Crippen LogP) is 4.10. The van der Waals surface area contributed by atoms with Crippen LogP contribution in [0.2, 0.25) is 0 Å². The summed E-state index contributed by atoms with van der Waals surface area (Å²) in [6.07, 6.45) is 0. The van der Waals surface area contributed by atoms with Crippen LogP contribution in [0.15, 0.2) is 48.5 Å². The van der Waals surface area contributed by atoms with Crippen LogP contribution in [0.5, 0.6) is 0 Å². The molecule has 2 aromatic rings. The molecule has 0 aromatic heterocycles. The largest absolute Gasteiger partial charge is 0.376 e. The maximum Gasteiger partial charge on any atom is 0.239 e. The Labute approximate surface area is 159 Å². The van der Waals surface area contributed by atoms with Crippen molar-refractivity contribution in [2.75, 3.05) is 17.2 Å². The molecule has 27 heavy (non-hydrogen) atoms. The van der Waals surface area contributed by atoms with E-state index >= 15 is 0 Å². The first-order chi connectivity index (χ1) is 12.6. The summed E-state index contributed by atoms with van der Waals surface area (Å²) in [5.74, 6) is -0.571. The van der Waals surface area contributed by atoms with Gasteiger partial charge >= 0.3 is 0 Å². The lowest BCUT2D eigenvalue weighted by atomic mass is 9.95. The highest BCUT2D eigenvalue weighted by atomic mass is 19.1. The Hall–Kier alpha value is -2.89. The smallest absolute Gasteiger partial charge is 0.239 e. The number of amides is 2. The van der Waals surface area contributed by atoms with Gasteiger partial charge in [0.25, 0.3) is 0 Å². The maximum atomic E-state index is 13.0. The van der Waals surface area contributed by atoms with Crippen LogP contribution in [-0.2, 0) is 9.59 Å². The average molecular weight is 371 g/mol. The molecular weight excluding hydrogens is 345 g/mol. The van der Waals surface area contributed by atoms with Gasteiger partial charge in [-0.3, -0.25) is 9.59 Å². The number of hydrogen-bond donors (Lipinski definition) is 3. The molecule has 2 rings (SSSR count). The van der Waals surface area contributed by atoms with Gasteiger partial charge in [-0.2, -0.15) is 0 Å². The van der Waals surface area contributed by atoms with E-state index in [-0.39, 0.29) is 30.2 Å². The number of benzene rings is 2. The molecule has 1 unspecified atom stereocenters. The van der Waals surface area contributed by atoms with Crippen molar-refractivity contribution in [3.05, 3.63) is 59.9 Å². The zero-order valence-electron chi connectivity index (χ0n) is 16.1. The van der Waals surface area contributed by atoms with Crippen molar-refractivity contribution in [3.8, 4) is 0 Å². The number of rotatable bonds is 6. The van der Waals surface area contributed by atoms with Crippen LogP contribution < -0.4 is 16.0 Å². The van der Waals surface area contributed by atoms with Crippen LogP contribution in [0.25, 0.3) is 0 Å². The summed E-state index contributed by atoms with van der Waals surface area (Å²) in [5, 5.41) is 8.76. The fourth-order valence-electron chi connectivity index (χ4n) is 2.34. The van der Waals surface area contributed by atoms with Crippen molar-refractivity contribution >= 4 is 23.2 Å². The van der Waals surface area contributed by atoms with Gasteiger partial charge in [-0.1, -0.05) is 39.0 Å². The number of carbonyl (C=O) groups excluding carboxylic acids is 2. The van der Waals surface area contributed by atoms with E-state index in [0.29, 0.717) is 5.69 Å². The van der Waals surface area contributed by atoms with Crippen LogP contribution in [0, 0.1) is 11.2 Å². The topological polar surface area (TPSA) is 70.2 Å². The quantitative estimate of drug-likeness (QED) is 0.716. The van der Waals surface area contributed by atoms with Gasteiger partial charge in [0.1, 0.15) is 5.82 Å². The monoisotopic (exact) mass is 371 g/mol. The van der Waals surface area contributed by atoms with E-state index < -0.39 is 5.41 Å². The first kappa shape index (κ1) is 20.4. The second-order valence-corrected chi connectivity index (χ2v) is 7.48. The van der Waals surface area contributed by atoms with Crippen molar-refractivity contribution in [3.63, 3.8) is 0 Å². The number of anilines is 2. The molecule has 6 heteroatoms. The second-order valence-electron chi connectivity index (χ2n) is 7.48. The van der Waals surface area contributed by atoms with E-state index in [1.54, 1.807) is 30.3 Å². The molecule has 3 N–H and O–H groups in total. The van der Waals surface area contributed by atoms with Gasteiger partial charge in [0, 0.05) is 16.8 Å². The molecule has 144 valence electrons. The standard InChI is InChI=1S/C21H26FN3O2/c1-14(15-8-10-16(22)11-9-15)24-19(26)13-23-17-6-5-7-18(12-17)25-20(27)21(2,3)4/h5-12,14,23H,13H2,1-4H3,(H,24,26)(H,25,27). The summed E-state index contributed by atoms with van der Waals surface area (Å²) < 4.78 is 13.0. The average Bonchev–Trinajstić information content (AvgIpc) is 2.60. The fraction of sp³-hybridized carbons (Fsp3) is 0.333. The van der Waals surface area contributed by atoms with Crippen LogP contribution in [0.4, 0.5) is 15.8 Å². The van der Waals surface area contributed by atoms with Gasteiger partial charge in [0.05, 0.1) is 12.6 Å². The third kappa shape index (κ3) is 6.40. The first-order valence-corrected chi connectivity index (χ1v) is 8.85. The Balaban J connectivity index is 1.88. The van der Waals surface area contributed by atoms with E-state index in [1.807, 2.05) is 33.8 Å². The van der Waals surface area contributed by atoms with Crippen molar-refractivity contribution in [2.24, 2.45) is 5.41 Å². The second kappa shape index (κ2) is 8.66. The van der Waals surface area contributed by atoms with Crippen molar-refractivity contribution in [2.45, 2.75) is 33.7 Å². The highest BCUT2D eigenvalue weighted by Gasteiger charge is 2.21. The molecule has 2 aromatic carbocycles.